The van der Waals surface area contributed by atoms with Crippen LogP contribution >= 0.6 is 7.82 Å². The van der Waals surface area contributed by atoms with Gasteiger partial charge in [0, 0.05) is 6.42 Å². The minimum absolute atomic E-state index is 0.0127. The van der Waals surface area contributed by atoms with Crippen molar-refractivity contribution >= 4 is 13.7 Å². The largest absolute Gasteiger partial charge is 0.472 e. The molecule has 0 heterocycles. The number of amides is 1. The zero-order valence-electron chi connectivity index (χ0n) is 33.4. The molecule has 0 aromatic heterocycles. The molecule has 0 aromatic carbocycles. The first-order valence-corrected chi connectivity index (χ1v) is 21.9. The second-order valence-corrected chi connectivity index (χ2v) is 16.6. The van der Waals surface area contributed by atoms with E-state index in [0.29, 0.717) is 30.3 Å². The maximum absolute atomic E-state index is 12.8. The Morgan fingerprint density at radius 1 is 0.686 bits per heavy atom. The third kappa shape index (κ3) is 34.2. The first-order valence-electron chi connectivity index (χ1n) is 20.4. The number of nitrogens with one attached hydrogen (secondary N) is 1. The molecule has 0 fully saturated rings. The summed E-state index contributed by atoms with van der Waals surface area (Å²) < 4.78 is 23.4. The predicted molar refractivity (Wildman–Crippen MR) is 214 cm³/mol. The lowest BCUT2D eigenvalue weighted by Gasteiger charge is -2.28. The van der Waals surface area contributed by atoms with Crippen LogP contribution in [0.2, 0.25) is 0 Å². The molecule has 10 heteroatoms. The molecule has 0 saturated carbocycles. The number of likely N-dealkylation sites (N-methyl/N-ethyl adjacent to an activating group) is 1. The van der Waals surface area contributed by atoms with Crippen LogP contribution in [-0.2, 0) is 18.4 Å². The Hall–Kier alpha value is -1.32. The van der Waals surface area contributed by atoms with Crippen molar-refractivity contribution in [3.63, 3.8) is 0 Å². The van der Waals surface area contributed by atoms with E-state index in [1.807, 2.05) is 21.1 Å². The monoisotopic (exact) mass is 744 g/mol. The molecule has 0 aromatic rings. The average molecular weight is 744 g/mol. The molecular weight excluding hydrogens is 663 g/mol. The van der Waals surface area contributed by atoms with Crippen LogP contribution in [0.5, 0.6) is 0 Å². The fourth-order valence-electron chi connectivity index (χ4n) is 5.58. The van der Waals surface area contributed by atoms with E-state index < -0.39 is 32.7 Å². The standard InChI is InChI=1S/C41H79N2O7P/c1-6-8-10-12-14-16-18-20-21-22-24-26-28-30-32-34-40(45)42-38(37-50-51(47,48)49-36-35-43(3,4)5)41(46)39(44)33-31-29-27-25-23-19-17-15-13-11-9-7-2/h14,16,20-21,25,27,38-39,41,44,46H,6-13,15,17-19,22-24,26,28-37H2,1-5H3,(H-,42,45,47,48)/p+1/b16-14-,21-20-,27-25+. The Morgan fingerprint density at radius 2 is 1.16 bits per heavy atom. The number of rotatable bonds is 36. The molecule has 4 unspecified atom stereocenters. The van der Waals surface area contributed by atoms with E-state index in [1.165, 1.54) is 70.6 Å². The summed E-state index contributed by atoms with van der Waals surface area (Å²) >= 11 is 0. The van der Waals surface area contributed by atoms with Crippen LogP contribution < -0.4 is 5.32 Å². The smallest absolute Gasteiger partial charge is 0.390 e. The third-order valence-electron chi connectivity index (χ3n) is 8.95. The molecule has 0 aliphatic rings. The van der Waals surface area contributed by atoms with Gasteiger partial charge in [0.15, 0.2) is 0 Å². The first kappa shape index (κ1) is 49.7. The van der Waals surface area contributed by atoms with Gasteiger partial charge in [0.2, 0.25) is 5.91 Å². The number of carbonyl (C=O) groups excluding carboxylic acids is 1. The molecular formula is C41H80N2O7P+. The highest BCUT2D eigenvalue weighted by Gasteiger charge is 2.31. The summed E-state index contributed by atoms with van der Waals surface area (Å²) in [5, 5.41) is 24.5. The Bertz CT molecular complexity index is 951. The van der Waals surface area contributed by atoms with Crippen LogP contribution in [0.3, 0.4) is 0 Å². The van der Waals surface area contributed by atoms with Crippen LogP contribution in [0.25, 0.3) is 0 Å². The van der Waals surface area contributed by atoms with Crippen molar-refractivity contribution in [2.45, 2.75) is 180 Å². The fraction of sp³-hybridized carbons (Fsp3) is 0.829. The SMILES string of the molecule is CCCCC/C=C\C/C=C\CCCCCCCC(=O)NC(COP(=O)(O)OCC[N+](C)(C)C)C(O)C(O)CCC/C=C/CCCCCCCCC. The first-order chi connectivity index (χ1) is 24.4. The second-order valence-electron chi connectivity index (χ2n) is 15.1. The van der Waals surface area contributed by atoms with Gasteiger partial charge in [-0.15, -0.1) is 0 Å². The lowest BCUT2D eigenvalue weighted by Crippen LogP contribution is -2.51. The molecule has 4 atom stereocenters. The summed E-state index contributed by atoms with van der Waals surface area (Å²) in [5.74, 6) is -0.285. The quantitative estimate of drug-likeness (QED) is 0.0218. The highest BCUT2D eigenvalue weighted by atomic mass is 31.2. The topological polar surface area (TPSA) is 125 Å². The number of allylic oxidation sites excluding steroid dienone is 6. The molecule has 0 bridgehead atoms. The van der Waals surface area contributed by atoms with Gasteiger partial charge < -0.3 is 24.9 Å². The van der Waals surface area contributed by atoms with Crippen LogP contribution in [0.1, 0.15) is 162 Å². The Balaban J connectivity index is 4.65. The van der Waals surface area contributed by atoms with E-state index in [-0.39, 0.29) is 18.9 Å². The molecule has 4 N–H and O–H groups in total. The molecule has 9 nitrogen and oxygen atoms in total. The van der Waals surface area contributed by atoms with E-state index in [9.17, 15) is 24.5 Å². The normalized spacial score (nSPS) is 15.5. The zero-order valence-corrected chi connectivity index (χ0v) is 34.3. The maximum Gasteiger partial charge on any atom is 0.472 e. The maximum atomic E-state index is 12.8. The number of nitrogens with zero attached hydrogens (tertiary/aromatic N) is 1. The van der Waals surface area contributed by atoms with Gasteiger partial charge in [-0.3, -0.25) is 13.8 Å². The Kier molecular flexibility index (Phi) is 32.4. The molecule has 1 amide bonds. The summed E-state index contributed by atoms with van der Waals surface area (Å²) in [4.78, 5) is 23.1. The molecule has 51 heavy (non-hydrogen) atoms. The minimum Gasteiger partial charge on any atom is -0.390 e. The summed E-state index contributed by atoms with van der Waals surface area (Å²) in [5.41, 5.74) is 0. The van der Waals surface area contributed by atoms with E-state index in [0.717, 1.165) is 51.4 Å². The zero-order chi connectivity index (χ0) is 38.1. The van der Waals surface area contributed by atoms with Crippen molar-refractivity contribution in [3.05, 3.63) is 36.5 Å². The minimum atomic E-state index is -4.42. The average Bonchev–Trinajstić information content (AvgIpc) is 3.07. The predicted octanol–water partition coefficient (Wildman–Crippen LogP) is 9.71. The molecule has 0 radical (unpaired) electrons. The van der Waals surface area contributed by atoms with Gasteiger partial charge in [-0.25, -0.2) is 4.57 Å². The molecule has 0 aliphatic carbocycles. The molecule has 0 saturated heterocycles. The highest BCUT2D eigenvalue weighted by Crippen LogP contribution is 2.43. The van der Waals surface area contributed by atoms with Gasteiger partial charge in [0.05, 0.1) is 39.9 Å². The number of carbonyl (C=O) groups is 1. The van der Waals surface area contributed by atoms with Gasteiger partial charge in [-0.1, -0.05) is 121 Å². The number of unbranched alkanes of at least 4 members (excludes halogenated alkanes) is 16. The van der Waals surface area contributed by atoms with E-state index in [2.05, 4.69) is 55.6 Å². The van der Waals surface area contributed by atoms with Crippen molar-refractivity contribution in [1.82, 2.24) is 5.32 Å². The summed E-state index contributed by atoms with van der Waals surface area (Å²) in [6.45, 7) is 4.51. The van der Waals surface area contributed by atoms with E-state index in [4.69, 9.17) is 9.05 Å². The van der Waals surface area contributed by atoms with Gasteiger partial charge in [0.25, 0.3) is 0 Å². The van der Waals surface area contributed by atoms with Gasteiger partial charge >= 0.3 is 7.82 Å². The van der Waals surface area contributed by atoms with Crippen LogP contribution in [0.4, 0.5) is 0 Å². The Morgan fingerprint density at radius 3 is 1.73 bits per heavy atom. The molecule has 0 rings (SSSR count). The fourth-order valence-corrected chi connectivity index (χ4v) is 6.32. The van der Waals surface area contributed by atoms with E-state index in [1.54, 1.807) is 0 Å². The molecule has 0 spiro atoms. The molecule has 0 aliphatic heterocycles. The highest BCUT2D eigenvalue weighted by molar-refractivity contribution is 7.47. The summed E-state index contributed by atoms with van der Waals surface area (Å²) in [6.07, 6.45) is 34.9. The van der Waals surface area contributed by atoms with Gasteiger partial charge in [-0.2, -0.15) is 0 Å². The van der Waals surface area contributed by atoms with Crippen molar-refractivity contribution in [2.24, 2.45) is 0 Å². The third-order valence-corrected chi connectivity index (χ3v) is 9.94. The van der Waals surface area contributed by atoms with Crippen LogP contribution in [0, 0.1) is 0 Å². The number of aliphatic hydroxyl groups excluding tert-OH is 2. The lowest BCUT2D eigenvalue weighted by atomic mass is 10.0. The van der Waals surface area contributed by atoms with Crippen LogP contribution in [-0.4, -0.2) is 84.6 Å². The van der Waals surface area contributed by atoms with Gasteiger partial charge in [0.1, 0.15) is 19.3 Å². The number of phosphoric acid groups is 1. The summed E-state index contributed by atoms with van der Waals surface area (Å²) in [7, 11) is 1.40. The Labute approximate surface area is 313 Å². The summed E-state index contributed by atoms with van der Waals surface area (Å²) in [6, 6.07) is -1.05. The number of quaternary nitrogens is 1. The number of hydrogen-bond donors (Lipinski definition) is 4. The van der Waals surface area contributed by atoms with Crippen molar-refractivity contribution in [1.29, 1.82) is 0 Å². The van der Waals surface area contributed by atoms with Crippen molar-refractivity contribution < 1.29 is 38.0 Å². The number of hydrogen-bond acceptors (Lipinski definition) is 6. The van der Waals surface area contributed by atoms with E-state index >= 15 is 0 Å². The number of aliphatic hydroxyl groups is 2. The van der Waals surface area contributed by atoms with Crippen molar-refractivity contribution in [3.8, 4) is 0 Å². The van der Waals surface area contributed by atoms with Gasteiger partial charge in [-0.05, 0) is 70.6 Å². The van der Waals surface area contributed by atoms with Crippen molar-refractivity contribution in [2.75, 3.05) is 40.9 Å². The number of phosphoric ester groups is 1. The molecule has 300 valence electrons. The van der Waals surface area contributed by atoms with Crippen LogP contribution in [0.15, 0.2) is 36.5 Å². The lowest BCUT2D eigenvalue weighted by molar-refractivity contribution is -0.870. The second kappa shape index (κ2) is 33.3.